The maximum absolute atomic E-state index is 6.26. The van der Waals surface area contributed by atoms with Crippen LogP contribution in [0.4, 0.5) is 0 Å². The molecule has 2 N–H and O–H groups in total. The molecule has 0 radical (unpaired) electrons. The first kappa shape index (κ1) is 12.9. The summed E-state index contributed by atoms with van der Waals surface area (Å²) in [5.74, 6) is 0.992. The molecule has 0 aromatic heterocycles. The van der Waals surface area contributed by atoms with Crippen molar-refractivity contribution < 1.29 is 0 Å². The second kappa shape index (κ2) is 4.49. The Labute approximate surface area is 112 Å². The fourth-order valence-electron chi connectivity index (χ4n) is 5.22. The summed E-state index contributed by atoms with van der Waals surface area (Å²) in [6.07, 6.45) is 11.3. The maximum Gasteiger partial charge on any atom is 0.0340 e. The second-order valence-electron chi connectivity index (χ2n) is 7.86. The highest BCUT2D eigenvalue weighted by atomic mass is 15.3. The monoisotopic (exact) mass is 250 g/mol. The first-order chi connectivity index (χ1) is 8.56. The van der Waals surface area contributed by atoms with Crippen molar-refractivity contribution in [3.63, 3.8) is 0 Å². The van der Waals surface area contributed by atoms with Crippen LogP contribution in [0.25, 0.3) is 0 Å². The molecule has 18 heavy (non-hydrogen) atoms. The van der Waals surface area contributed by atoms with Gasteiger partial charge >= 0.3 is 0 Å². The second-order valence-corrected chi connectivity index (χ2v) is 7.86. The van der Waals surface area contributed by atoms with E-state index in [1.165, 1.54) is 57.9 Å². The predicted octanol–water partition coefficient (Wildman–Crippen LogP) is 3.16. The average Bonchev–Trinajstić information content (AvgIpc) is 2.93. The molecule has 1 saturated heterocycles. The first-order valence-corrected chi connectivity index (χ1v) is 8.03. The summed E-state index contributed by atoms with van der Waals surface area (Å²) in [7, 11) is 0. The van der Waals surface area contributed by atoms with Gasteiger partial charge in [-0.1, -0.05) is 20.3 Å². The molecular formula is C16H30N2. The van der Waals surface area contributed by atoms with Crippen LogP contribution in [-0.4, -0.2) is 29.6 Å². The summed E-state index contributed by atoms with van der Waals surface area (Å²) in [6, 6.07) is 0.871. The van der Waals surface area contributed by atoms with Crippen LogP contribution in [0.15, 0.2) is 0 Å². The van der Waals surface area contributed by atoms with E-state index in [2.05, 4.69) is 18.7 Å². The topological polar surface area (TPSA) is 29.3 Å². The zero-order valence-corrected chi connectivity index (χ0v) is 12.3. The van der Waals surface area contributed by atoms with Crippen molar-refractivity contribution in [2.75, 3.05) is 13.1 Å². The number of likely N-dealkylation sites (tertiary alicyclic amines) is 1. The number of nitrogens with zero attached hydrogens (tertiary/aromatic N) is 1. The molecule has 1 heterocycles. The number of hydrogen-bond donors (Lipinski definition) is 1. The van der Waals surface area contributed by atoms with Gasteiger partial charge in [-0.25, -0.2) is 0 Å². The maximum atomic E-state index is 6.26. The summed E-state index contributed by atoms with van der Waals surface area (Å²) >= 11 is 0. The third kappa shape index (κ3) is 2.02. The van der Waals surface area contributed by atoms with Crippen LogP contribution in [0.2, 0.25) is 0 Å². The fourth-order valence-corrected chi connectivity index (χ4v) is 5.22. The van der Waals surface area contributed by atoms with Gasteiger partial charge in [-0.05, 0) is 62.8 Å². The minimum atomic E-state index is 0.344. The van der Waals surface area contributed by atoms with Crippen LogP contribution in [0.1, 0.15) is 65.2 Å². The molecule has 0 aromatic carbocycles. The SMILES string of the molecule is CC1(C)CCC(CN)(N2CCCC3CCCC32)C1. The molecule has 3 unspecified atom stereocenters. The predicted molar refractivity (Wildman–Crippen MR) is 76.5 cm³/mol. The Morgan fingerprint density at radius 1 is 1.11 bits per heavy atom. The minimum absolute atomic E-state index is 0.344. The number of nitrogens with two attached hydrogens (primary N) is 1. The molecule has 2 saturated carbocycles. The minimum Gasteiger partial charge on any atom is -0.329 e. The van der Waals surface area contributed by atoms with E-state index < -0.39 is 0 Å². The lowest BCUT2D eigenvalue weighted by atomic mass is 9.82. The van der Waals surface area contributed by atoms with Gasteiger partial charge < -0.3 is 5.73 Å². The highest BCUT2D eigenvalue weighted by Gasteiger charge is 2.50. The van der Waals surface area contributed by atoms with Gasteiger partial charge in [0.15, 0.2) is 0 Å². The van der Waals surface area contributed by atoms with E-state index in [1.807, 2.05) is 0 Å². The summed E-state index contributed by atoms with van der Waals surface area (Å²) in [5, 5.41) is 0. The lowest BCUT2D eigenvalue weighted by Crippen LogP contribution is -2.59. The molecule has 3 fully saturated rings. The van der Waals surface area contributed by atoms with Gasteiger partial charge in [0.25, 0.3) is 0 Å². The quantitative estimate of drug-likeness (QED) is 0.815. The van der Waals surface area contributed by atoms with Crippen molar-refractivity contribution in [2.24, 2.45) is 17.1 Å². The van der Waals surface area contributed by atoms with E-state index in [0.29, 0.717) is 11.0 Å². The Morgan fingerprint density at radius 3 is 2.56 bits per heavy atom. The smallest absolute Gasteiger partial charge is 0.0340 e. The Hall–Kier alpha value is -0.0800. The third-order valence-electron chi connectivity index (χ3n) is 6.06. The fraction of sp³-hybridized carbons (Fsp3) is 1.00. The van der Waals surface area contributed by atoms with Crippen molar-refractivity contribution in [3.05, 3.63) is 0 Å². The summed E-state index contributed by atoms with van der Waals surface area (Å²) in [4.78, 5) is 2.88. The van der Waals surface area contributed by atoms with Gasteiger partial charge in [-0.2, -0.15) is 0 Å². The van der Waals surface area contributed by atoms with Crippen LogP contribution in [0, 0.1) is 11.3 Å². The zero-order valence-electron chi connectivity index (χ0n) is 12.3. The molecule has 104 valence electrons. The van der Waals surface area contributed by atoms with Gasteiger partial charge in [-0.15, -0.1) is 0 Å². The highest BCUT2D eigenvalue weighted by Crippen LogP contribution is 2.50. The number of rotatable bonds is 2. The third-order valence-corrected chi connectivity index (χ3v) is 6.06. The van der Waals surface area contributed by atoms with Gasteiger partial charge in [0.05, 0.1) is 0 Å². The molecular weight excluding hydrogens is 220 g/mol. The van der Waals surface area contributed by atoms with Crippen LogP contribution >= 0.6 is 0 Å². The molecule has 2 aliphatic carbocycles. The van der Waals surface area contributed by atoms with Crippen molar-refractivity contribution in [3.8, 4) is 0 Å². The normalized spacial score (nSPS) is 44.2. The van der Waals surface area contributed by atoms with Gasteiger partial charge in [0.2, 0.25) is 0 Å². The van der Waals surface area contributed by atoms with E-state index in [9.17, 15) is 0 Å². The van der Waals surface area contributed by atoms with Crippen molar-refractivity contribution in [1.82, 2.24) is 4.90 Å². The van der Waals surface area contributed by atoms with E-state index in [4.69, 9.17) is 5.73 Å². The molecule has 0 amide bonds. The molecule has 2 heteroatoms. The van der Waals surface area contributed by atoms with E-state index in [1.54, 1.807) is 0 Å². The van der Waals surface area contributed by atoms with Crippen LogP contribution < -0.4 is 5.73 Å². The summed E-state index contributed by atoms with van der Waals surface area (Å²) in [5.41, 5.74) is 7.11. The van der Waals surface area contributed by atoms with E-state index in [0.717, 1.165) is 18.5 Å². The molecule has 1 aliphatic heterocycles. The molecule has 3 atom stereocenters. The first-order valence-electron chi connectivity index (χ1n) is 8.03. The number of fused-ring (bicyclic) bond motifs is 1. The molecule has 0 spiro atoms. The van der Waals surface area contributed by atoms with Crippen LogP contribution in [0.3, 0.4) is 0 Å². The Bertz CT molecular complexity index is 312. The molecule has 2 nitrogen and oxygen atoms in total. The van der Waals surface area contributed by atoms with Gasteiger partial charge in [0, 0.05) is 18.1 Å². The Morgan fingerprint density at radius 2 is 1.89 bits per heavy atom. The molecule has 0 bridgehead atoms. The van der Waals surface area contributed by atoms with Crippen molar-refractivity contribution >= 4 is 0 Å². The molecule has 3 rings (SSSR count). The van der Waals surface area contributed by atoms with Crippen LogP contribution in [0.5, 0.6) is 0 Å². The lowest BCUT2D eigenvalue weighted by Gasteiger charge is -2.49. The van der Waals surface area contributed by atoms with Gasteiger partial charge in [-0.3, -0.25) is 4.90 Å². The van der Waals surface area contributed by atoms with Crippen molar-refractivity contribution in [2.45, 2.75) is 76.8 Å². The molecule has 0 aromatic rings. The standard InChI is InChI=1S/C16H30N2/c1-15(2)8-9-16(11-15,12-17)18-10-4-6-13-5-3-7-14(13)18/h13-14H,3-12,17H2,1-2H3. The lowest BCUT2D eigenvalue weighted by molar-refractivity contribution is 0.00150. The van der Waals surface area contributed by atoms with Crippen molar-refractivity contribution in [1.29, 1.82) is 0 Å². The molecule has 3 aliphatic rings. The summed E-state index contributed by atoms with van der Waals surface area (Å²) in [6.45, 7) is 7.05. The Kier molecular flexibility index (Phi) is 3.22. The van der Waals surface area contributed by atoms with Gasteiger partial charge in [0.1, 0.15) is 0 Å². The summed E-state index contributed by atoms with van der Waals surface area (Å²) < 4.78 is 0. The van der Waals surface area contributed by atoms with E-state index in [-0.39, 0.29) is 0 Å². The Balaban J connectivity index is 1.83. The zero-order chi connectivity index (χ0) is 12.8. The highest BCUT2D eigenvalue weighted by molar-refractivity contribution is 5.06. The largest absolute Gasteiger partial charge is 0.329 e. The number of hydrogen-bond acceptors (Lipinski definition) is 2. The number of piperidine rings is 1. The van der Waals surface area contributed by atoms with E-state index >= 15 is 0 Å². The average molecular weight is 250 g/mol. The van der Waals surface area contributed by atoms with Crippen LogP contribution in [-0.2, 0) is 0 Å².